The second-order valence-electron chi connectivity index (χ2n) is 7.25. The molecule has 7 heteroatoms. The van der Waals surface area contributed by atoms with E-state index in [9.17, 15) is 17.6 Å². The highest BCUT2D eigenvalue weighted by Crippen LogP contribution is 2.23. The molecule has 3 rings (SSSR count). The van der Waals surface area contributed by atoms with Crippen LogP contribution in [-0.2, 0) is 21.4 Å². The van der Waals surface area contributed by atoms with E-state index < -0.39 is 10.0 Å². The van der Waals surface area contributed by atoms with E-state index in [1.54, 1.807) is 30.2 Å². The van der Waals surface area contributed by atoms with E-state index in [1.807, 2.05) is 30.3 Å². The minimum atomic E-state index is -3.51. The fourth-order valence-corrected chi connectivity index (χ4v) is 4.65. The molecule has 1 aliphatic heterocycles. The average molecular weight is 417 g/mol. The zero-order valence-corrected chi connectivity index (χ0v) is 17.2. The molecule has 0 atom stereocenters. The van der Waals surface area contributed by atoms with Gasteiger partial charge in [0, 0.05) is 38.0 Å². The molecule has 0 N–H and O–H groups in total. The number of nitrogens with zero attached hydrogens (tertiary/aromatic N) is 2. The van der Waals surface area contributed by atoms with Crippen LogP contribution in [-0.4, -0.2) is 43.7 Å². The monoisotopic (exact) mass is 416 g/mol. The molecule has 1 heterocycles. The Kier molecular flexibility index (Phi) is 6.82. The maximum Gasteiger partial charge on any atom is 0.236 e. The van der Waals surface area contributed by atoms with Crippen LogP contribution < -0.4 is 0 Å². The summed E-state index contributed by atoms with van der Waals surface area (Å²) in [5.74, 6) is -0.520. The van der Waals surface area contributed by atoms with Gasteiger partial charge in [0.25, 0.3) is 0 Å². The molecule has 0 aromatic heterocycles. The average Bonchev–Trinajstić information content (AvgIpc) is 2.74. The van der Waals surface area contributed by atoms with E-state index in [4.69, 9.17) is 0 Å². The predicted molar refractivity (Wildman–Crippen MR) is 112 cm³/mol. The third kappa shape index (κ3) is 5.74. The molecule has 1 amide bonds. The Bertz CT molecular complexity index is 951. The number of hydrogen-bond acceptors (Lipinski definition) is 3. The first-order chi connectivity index (χ1) is 13.8. The van der Waals surface area contributed by atoms with Gasteiger partial charge in [-0.1, -0.05) is 42.5 Å². The van der Waals surface area contributed by atoms with Crippen LogP contribution in [0.2, 0.25) is 0 Å². The number of benzene rings is 2. The van der Waals surface area contributed by atoms with Gasteiger partial charge in [-0.3, -0.25) is 4.79 Å². The Hall–Kier alpha value is -2.51. The second kappa shape index (κ2) is 9.33. The van der Waals surface area contributed by atoms with E-state index in [-0.39, 0.29) is 17.6 Å². The van der Waals surface area contributed by atoms with Crippen LogP contribution in [0, 0.1) is 11.7 Å². The first kappa shape index (κ1) is 21.2. The molecule has 0 saturated carbocycles. The van der Waals surface area contributed by atoms with Crippen molar-refractivity contribution in [3.8, 4) is 0 Å². The van der Waals surface area contributed by atoms with Crippen LogP contribution in [0.25, 0.3) is 6.08 Å². The molecule has 1 saturated heterocycles. The van der Waals surface area contributed by atoms with Gasteiger partial charge in [-0.05, 0) is 42.2 Å². The largest absolute Gasteiger partial charge is 0.341 e. The third-order valence-electron chi connectivity index (χ3n) is 5.10. The van der Waals surface area contributed by atoms with Crippen molar-refractivity contribution in [2.24, 2.45) is 5.92 Å². The fourth-order valence-electron chi connectivity index (χ4n) is 3.43. The van der Waals surface area contributed by atoms with E-state index in [2.05, 4.69) is 0 Å². The van der Waals surface area contributed by atoms with Crippen LogP contribution in [0.4, 0.5) is 4.39 Å². The summed E-state index contributed by atoms with van der Waals surface area (Å²) in [5, 5.41) is 1.23. The van der Waals surface area contributed by atoms with Crippen molar-refractivity contribution in [2.45, 2.75) is 19.4 Å². The fraction of sp³-hybridized carbons (Fsp3) is 0.318. The maximum atomic E-state index is 13.0. The summed E-state index contributed by atoms with van der Waals surface area (Å²) in [7, 11) is -1.79. The van der Waals surface area contributed by atoms with Crippen molar-refractivity contribution in [3.63, 3.8) is 0 Å². The second-order valence-corrected chi connectivity index (χ2v) is 9.07. The summed E-state index contributed by atoms with van der Waals surface area (Å²) in [6.45, 7) is 1.04. The molecule has 2 aromatic carbocycles. The molecule has 0 spiro atoms. The first-order valence-electron chi connectivity index (χ1n) is 9.58. The lowest BCUT2D eigenvalue weighted by Gasteiger charge is -2.32. The van der Waals surface area contributed by atoms with E-state index in [0.717, 1.165) is 11.1 Å². The number of rotatable bonds is 6. The van der Waals surface area contributed by atoms with Gasteiger partial charge < -0.3 is 4.90 Å². The van der Waals surface area contributed by atoms with Crippen LogP contribution in [0.3, 0.4) is 0 Å². The minimum absolute atomic E-state index is 0.00815. The number of carbonyl (C=O) groups excluding carboxylic acids is 1. The van der Waals surface area contributed by atoms with Crippen molar-refractivity contribution in [3.05, 3.63) is 76.9 Å². The summed E-state index contributed by atoms with van der Waals surface area (Å²) in [6.07, 6.45) is 2.57. The molecule has 0 aliphatic carbocycles. The molecule has 1 fully saturated rings. The van der Waals surface area contributed by atoms with Crippen molar-refractivity contribution >= 4 is 22.0 Å². The SMILES string of the molecule is CN(Cc1ccc(F)cc1)C(=O)C1CCN(S(=O)(=O)/C=C/c2ccccc2)CC1. The quantitative estimate of drug-likeness (QED) is 0.724. The van der Waals surface area contributed by atoms with Gasteiger partial charge >= 0.3 is 0 Å². The van der Waals surface area contributed by atoms with E-state index >= 15 is 0 Å². The summed E-state index contributed by atoms with van der Waals surface area (Å²) in [5.41, 5.74) is 1.68. The molecule has 29 heavy (non-hydrogen) atoms. The molecule has 5 nitrogen and oxygen atoms in total. The molecule has 0 radical (unpaired) electrons. The Labute approximate surface area is 171 Å². The first-order valence-corrected chi connectivity index (χ1v) is 11.1. The third-order valence-corrected chi connectivity index (χ3v) is 6.67. The highest BCUT2D eigenvalue weighted by Gasteiger charge is 2.31. The molecular weight excluding hydrogens is 391 g/mol. The predicted octanol–water partition coefficient (Wildman–Crippen LogP) is 3.50. The molecule has 154 valence electrons. The smallest absolute Gasteiger partial charge is 0.236 e. The van der Waals surface area contributed by atoms with Crippen LogP contribution in [0.1, 0.15) is 24.0 Å². The minimum Gasteiger partial charge on any atom is -0.341 e. The number of halogens is 1. The van der Waals surface area contributed by atoms with Gasteiger partial charge in [0.2, 0.25) is 15.9 Å². The van der Waals surface area contributed by atoms with Gasteiger partial charge in [-0.25, -0.2) is 12.8 Å². The van der Waals surface area contributed by atoms with Crippen LogP contribution in [0.5, 0.6) is 0 Å². The standard InChI is InChI=1S/C22H25FN2O3S/c1-24(17-19-7-9-21(23)10-8-19)22(26)20-11-14-25(15-12-20)29(27,28)16-13-18-5-3-2-4-6-18/h2-10,13,16,20H,11-12,14-15,17H2,1H3/b16-13+. The highest BCUT2D eigenvalue weighted by atomic mass is 32.2. The number of sulfonamides is 1. The van der Waals surface area contributed by atoms with Crippen molar-refractivity contribution < 1.29 is 17.6 Å². The lowest BCUT2D eigenvalue weighted by molar-refractivity contribution is -0.135. The van der Waals surface area contributed by atoms with Gasteiger partial charge in [0.1, 0.15) is 5.82 Å². The summed E-state index contributed by atoms with van der Waals surface area (Å²) < 4.78 is 39.5. The highest BCUT2D eigenvalue weighted by molar-refractivity contribution is 7.92. The van der Waals surface area contributed by atoms with Gasteiger partial charge in [-0.2, -0.15) is 4.31 Å². The molecule has 1 aliphatic rings. The zero-order valence-electron chi connectivity index (χ0n) is 16.4. The Balaban J connectivity index is 1.54. The van der Waals surface area contributed by atoms with Gasteiger partial charge in [0.05, 0.1) is 0 Å². The molecule has 2 aromatic rings. The number of carbonyl (C=O) groups is 1. The van der Waals surface area contributed by atoms with E-state index in [1.165, 1.54) is 21.8 Å². The Morgan fingerprint density at radius 2 is 1.72 bits per heavy atom. The lowest BCUT2D eigenvalue weighted by Crippen LogP contribution is -2.42. The Morgan fingerprint density at radius 3 is 2.34 bits per heavy atom. The van der Waals surface area contributed by atoms with Crippen molar-refractivity contribution in [1.29, 1.82) is 0 Å². The summed E-state index contributed by atoms with van der Waals surface area (Å²) in [6, 6.07) is 15.3. The zero-order chi connectivity index (χ0) is 20.9. The maximum absolute atomic E-state index is 13.0. The topological polar surface area (TPSA) is 57.7 Å². The van der Waals surface area contributed by atoms with Crippen LogP contribution in [0.15, 0.2) is 60.0 Å². The number of piperidine rings is 1. The van der Waals surface area contributed by atoms with Gasteiger partial charge in [0.15, 0.2) is 0 Å². The number of amides is 1. The lowest BCUT2D eigenvalue weighted by atomic mass is 9.96. The van der Waals surface area contributed by atoms with Crippen molar-refractivity contribution in [1.82, 2.24) is 9.21 Å². The number of hydrogen-bond donors (Lipinski definition) is 0. The summed E-state index contributed by atoms with van der Waals surface area (Å²) >= 11 is 0. The van der Waals surface area contributed by atoms with Crippen LogP contribution >= 0.6 is 0 Å². The van der Waals surface area contributed by atoms with Gasteiger partial charge in [-0.15, -0.1) is 0 Å². The molecule has 0 unspecified atom stereocenters. The van der Waals surface area contributed by atoms with Crippen molar-refractivity contribution in [2.75, 3.05) is 20.1 Å². The summed E-state index contributed by atoms with van der Waals surface area (Å²) in [4.78, 5) is 14.3. The Morgan fingerprint density at radius 1 is 1.10 bits per heavy atom. The molecule has 0 bridgehead atoms. The molecular formula is C22H25FN2O3S. The normalized spacial score (nSPS) is 16.2. The van der Waals surface area contributed by atoms with E-state index in [0.29, 0.717) is 32.5 Å².